The van der Waals surface area contributed by atoms with Crippen LogP contribution in [0.1, 0.15) is 16.7 Å². The van der Waals surface area contributed by atoms with E-state index in [2.05, 4.69) is 10.5 Å². The van der Waals surface area contributed by atoms with Crippen LogP contribution in [-0.4, -0.2) is 29.5 Å². The first-order chi connectivity index (χ1) is 13.5. The summed E-state index contributed by atoms with van der Waals surface area (Å²) in [5, 5.41) is 3.92. The maximum atomic E-state index is 13.0. The molecule has 28 heavy (non-hydrogen) atoms. The predicted molar refractivity (Wildman–Crippen MR) is 102 cm³/mol. The van der Waals surface area contributed by atoms with E-state index in [-0.39, 0.29) is 12.3 Å². The fourth-order valence-corrected chi connectivity index (χ4v) is 3.59. The molecule has 0 bridgehead atoms. The molecule has 0 radical (unpaired) electrons. The summed E-state index contributed by atoms with van der Waals surface area (Å²) in [6.07, 6.45) is 0. The molecule has 1 saturated heterocycles. The third kappa shape index (κ3) is 3.05. The average molecular weight is 377 g/mol. The monoisotopic (exact) mass is 377 g/mol. The third-order valence-corrected chi connectivity index (χ3v) is 4.81. The topological polar surface area (TPSA) is 88.1 Å². The zero-order chi connectivity index (χ0) is 19.8. The molecule has 2 aromatic carbocycles. The zero-order valence-corrected chi connectivity index (χ0v) is 15.5. The summed E-state index contributed by atoms with van der Waals surface area (Å²) >= 11 is 0. The third-order valence-electron chi connectivity index (χ3n) is 4.81. The van der Waals surface area contributed by atoms with Gasteiger partial charge in [-0.25, -0.2) is 9.69 Å². The summed E-state index contributed by atoms with van der Waals surface area (Å²) in [7, 11) is 0. The van der Waals surface area contributed by atoms with Crippen molar-refractivity contribution in [1.29, 1.82) is 0 Å². The Balaban J connectivity index is 1.54. The minimum Gasteiger partial charge on any atom is -0.456 e. The summed E-state index contributed by atoms with van der Waals surface area (Å²) < 4.78 is 5.29. The van der Waals surface area contributed by atoms with Gasteiger partial charge in [-0.15, -0.1) is 0 Å². The van der Waals surface area contributed by atoms with Crippen LogP contribution >= 0.6 is 0 Å². The Labute approximate surface area is 162 Å². The number of aryl methyl sites for hydroxylation is 2. The van der Waals surface area contributed by atoms with Gasteiger partial charge in [0.05, 0.1) is 5.69 Å². The first-order valence-corrected chi connectivity index (χ1v) is 8.96. The number of hydrogen-bond donors (Lipinski definition) is 1. The van der Waals surface area contributed by atoms with E-state index in [1.165, 1.54) is 0 Å². The second kappa shape index (κ2) is 6.92. The van der Waals surface area contributed by atoms with Gasteiger partial charge < -0.3 is 4.74 Å². The molecule has 1 fully saturated rings. The smallest absolute Gasteiger partial charge is 0.355 e. The van der Waals surface area contributed by atoms with Crippen molar-refractivity contribution in [3.05, 3.63) is 65.2 Å². The van der Waals surface area contributed by atoms with E-state index in [1.54, 1.807) is 12.1 Å². The fraction of sp³-hybridized carbons (Fsp3) is 0.238. The molecule has 0 saturated carbocycles. The predicted octanol–water partition coefficient (Wildman–Crippen LogP) is 1.86. The molecule has 2 aliphatic heterocycles. The number of benzene rings is 2. The van der Waals surface area contributed by atoms with E-state index >= 15 is 0 Å². The van der Waals surface area contributed by atoms with Gasteiger partial charge in [0.2, 0.25) is 5.91 Å². The van der Waals surface area contributed by atoms with Crippen molar-refractivity contribution in [2.45, 2.75) is 26.5 Å². The summed E-state index contributed by atoms with van der Waals surface area (Å²) in [5.41, 5.74) is 5.78. The van der Waals surface area contributed by atoms with E-state index < -0.39 is 29.7 Å². The van der Waals surface area contributed by atoms with Gasteiger partial charge in [-0.05, 0) is 42.7 Å². The van der Waals surface area contributed by atoms with Crippen molar-refractivity contribution in [3.63, 3.8) is 0 Å². The molecule has 1 N–H and O–H groups in total. The standard InChI is InChI=1S/C21H19N3O4/c1-12-8-13(2)10-15(9-12)24-19(25)16-17(20(24)26)22-23-18(16)21(27)28-11-14-6-4-3-5-7-14/h3-10,16-17,22H,11H2,1-2H3/t16-,17+/m0/s1. The number of hydrogen-bond acceptors (Lipinski definition) is 6. The van der Waals surface area contributed by atoms with Crippen molar-refractivity contribution in [1.82, 2.24) is 5.43 Å². The first kappa shape index (κ1) is 17.9. The number of nitrogens with zero attached hydrogens (tertiary/aromatic N) is 2. The Bertz CT molecular complexity index is 980. The number of hydrazone groups is 1. The molecular formula is C21H19N3O4. The van der Waals surface area contributed by atoms with Crippen LogP contribution in [0.2, 0.25) is 0 Å². The molecule has 0 spiro atoms. The molecule has 142 valence electrons. The molecule has 4 rings (SSSR count). The quantitative estimate of drug-likeness (QED) is 0.649. The van der Waals surface area contributed by atoms with Crippen LogP contribution in [-0.2, 0) is 25.7 Å². The highest BCUT2D eigenvalue weighted by atomic mass is 16.5. The second-order valence-corrected chi connectivity index (χ2v) is 7.00. The molecule has 0 unspecified atom stereocenters. The van der Waals surface area contributed by atoms with Gasteiger partial charge in [-0.1, -0.05) is 36.4 Å². The van der Waals surface area contributed by atoms with Crippen LogP contribution in [0.25, 0.3) is 0 Å². The van der Waals surface area contributed by atoms with Crippen LogP contribution in [0.3, 0.4) is 0 Å². The van der Waals surface area contributed by atoms with Crippen LogP contribution < -0.4 is 10.3 Å². The lowest BCUT2D eigenvalue weighted by atomic mass is 9.99. The molecule has 7 heteroatoms. The van der Waals surface area contributed by atoms with Crippen molar-refractivity contribution >= 4 is 29.2 Å². The van der Waals surface area contributed by atoms with E-state index in [9.17, 15) is 14.4 Å². The Hall–Kier alpha value is -3.48. The minimum absolute atomic E-state index is 0.0637. The number of imide groups is 1. The van der Waals surface area contributed by atoms with Gasteiger partial charge in [0.15, 0.2) is 5.71 Å². The molecule has 2 aromatic rings. The molecule has 2 atom stereocenters. The average Bonchev–Trinajstić information content (AvgIpc) is 3.20. The van der Waals surface area contributed by atoms with Gasteiger partial charge in [0.25, 0.3) is 5.91 Å². The van der Waals surface area contributed by atoms with Crippen molar-refractivity contribution in [2.24, 2.45) is 11.0 Å². The van der Waals surface area contributed by atoms with E-state index in [0.29, 0.717) is 5.69 Å². The Morgan fingerprint density at radius 3 is 2.43 bits per heavy atom. The van der Waals surface area contributed by atoms with E-state index in [4.69, 9.17) is 4.74 Å². The van der Waals surface area contributed by atoms with Gasteiger partial charge in [-0.3, -0.25) is 15.0 Å². The number of fused-ring (bicyclic) bond motifs is 1. The van der Waals surface area contributed by atoms with Gasteiger partial charge >= 0.3 is 5.97 Å². The highest BCUT2D eigenvalue weighted by Gasteiger charge is 2.55. The lowest BCUT2D eigenvalue weighted by Crippen LogP contribution is -2.36. The van der Waals surface area contributed by atoms with Gasteiger partial charge in [0, 0.05) is 0 Å². The van der Waals surface area contributed by atoms with Crippen LogP contribution in [0.4, 0.5) is 5.69 Å². The highest BCUT2D eigenvalue weighted by Crippen LogP contribution is 2.31. The SMILES string of the molecule is Cc1cc(C)cc(N2C(=O)[C@@H]3C(C(=O)OCc4ccccc4)=NN[C@H]3C2=O)c1. The van der Waals surface area contributed by atoms with Crippen molar-refractivity contribution < 1.29 is 19.1 Å². The second-order valence-electron chi connectivity index (χ2n) is 7.00. The number of nitrogens with one attached hydrogen (secondary N) is 1. The molecule has 0 aliphatic carbocycles. The number of esters is 1. The molecular weight excluding hydrogens is 358 g/mol. The summed E-state index contributed by atoms with van der Waals surface area (Å²) in [6, 6.07) is 13.8. The first-order valence-electron chi connectivity index (χ1n) is 8.96. The van der Waals surface area contributed by atoms with Crippen LogP contribution in [0, 0.1) is 19.8 Å². The Morgan fingerprint density at radius 1 is 1.07 bits per heavy atom. The lowest BCUT2D eigenvalue weighted by molar-refractivity contribution is -0.137. The summed E-state index contributed by atoms with van der Waals surface area (Å²) in [6.45, 7) is 3.86. The minimum atomic E-state index is -0.975. The normalized spacial score (nSPS) is 20.6. The zero-order valence-electron chi connectivity index (χ0n) is 15.5. The fourth-order valence-electron chi connectivity index (χ4n) is 3.59. The number of carbonyl (C=O) groups is 3. The Morgan fingerprint density at radius 2 is 1.75 bits per heavy atom. The summed E-state index contributed by atoms with van der Waals surface area (Å²) in [5.74, 6) is -2.57. The number of carbonyl (C=O) groups excluding carboxylic acids is 3. The highest BCUT2D eigenvalue weighted by molar-refractivity contribution is 6.46. The largest absolute Gasteiger partial charge is 0.456 e. The molecule has 0 aromatic heterocycles. The van der Waals surface area contributed by atoms with E-state index in [0.717, 1.165) is 21.6 Å². The number of ether oxygens (including phenoxy) is 1. The van der Waals surface area contributed by atoms with Crippen molar-refractivity contribution in [3.8, 4) is 0 Å². The number of amides is 2. The van der Waals surface area contributed by atoms with Crippen LogP contribution in [0.5, 0.6) is 0 Å². The number of rotatable bonds is 4. The van der Waals surface area contributed by atoms with Crippen molar-refractivity contribution in [2.75, 3.05) is 4.90 Å². The lowest BCUT2D eigenvalue weighted by Gasteiger charge is -2.17. The maximum Gasteiger partial charge on any atom is 0.355 e. The molecule has 7 nitrogen and oxygen atoms in total. The molecule has 2 aliphatic rings. The Kier molecular flexibility index (Phi) is 4.43. The molecule has 2 heterocycles. The van der Waals surface area contributed by atoms with E-state index in [1.807, 2.05) is 50.2 Å². The number of anilines is 1. The maximum absolute atomic E-state index is 13.0. The van der Waals surface area contributed by atoms with Gasteiger partial charge in [0.1, 0.15) is 18.6 Å². The summed E-state index contributed by atoms with van der Waals surface area (Å²) in [4.78, 5) is 39.4. The van der Waals surface area contributed by atoms with Gasteiger partial charge in [-0.2, -0.15) is 5.10 Å². The van der Waals surface area contributed by atoms with Crippen LogP contribution in [0.15, 0.2) is 53.6 Å². The molecule has 2 amide bonds.